The molecule has 130 valence electrons. The first-order valence-corrected chi connectivity index (χ1v) is 8.69. The summed E-state index contributed by atoms with van der Waals surface area (Å²) in [6, 6.07) is 11.0. The Balaban J connectivity index is 1.97. The number of carboxylic acid groups (broad SMARTS) is 1. The number of aryl methyl sites for hydroxylation is 1. The number of carbonyl (C=O) groups is 1. The van der Waals surface area contributed by atoms with E-state index in [-0.39, 0.29) is 22.8 Å². The van der Waals surface area contributed by atoms with Crippen LogP contribution in [0.4, 0.5) is 0 Å². The summed E-state index contributed by atoms with van der Waals surface area (Å²) in [7, 11) is 1.68. The van der Waals surface area contributed by atoms with Gasteiger partial charge in [0, 0.05) is 24.8 Å². The molecule has 3 aromatic heterocycles. The molecule has 0 unspecified atom stereocenters. The van der Waals surface area contributed by atoms with Gasteiger partial charge in [0.25, 0.3) is 5.56 Å². The van der Waals surface area contributed by atoms with Crippen molar-refractivity contribution in [3.8, 4) is 5.75 Å². The fourth-order valence-corrected chi connectivity index (χ4v) is 4.06. The zero-order valence-electron chi connectivity index (χ0n) is 13.8. The van der Waals surface area contributed by atoms with Gasteiger partial charge in [0.2, 0.25) is 0 Å². The van der Waals surface area contributed by atoms with E-state index >= 15 is 0 Å². The lowest BCUT2D eigenvalue weighted by Gasteiger charge is -2.09. The van der Waals surface area contributed by atoms with Gasteiger partial charge in [-0.15, -0.1) is 11.3 Å². The molecule has 0 aliphatic rings. The molecule has 0 radical (unpaired) electrons. The lowest BCUT2D eigenvalue weighted by atomic mass is 10.1. The Labute approximate surface area is 151 Å². The Morgan fingerprint density at radius 2 is 1.96 bits per heavy atom. The highest BCUT2D eigenvalue weighted by molar-refractivity contribution is 7.22. The number of aromatic nitrogens is 2. The van der Waals surface area contributed by atoms with Crippen LogP contribution in [0.25, 0.3) is 21.0 Å². The van der Waals surface area contributed by atoms with Gasteiger partial charge in [-0.3, -0.25) is 9.78 Å². The van der Waals surface area contributed by atoms with E-state index in [9.17, 15) is 14.7 Å². The molecule has 0 spiro atoms. The molecule has 26 heavy (non-hydrogen) atoms. The summed E-state index contributed by atoms with van der Waals surface area (Å²) in [4.78, 5) is 28.6. The molecule has 0 saturated heterocycles. The molecule has 0 saturated carbocycles. The molecule has 0 aliphatic heterocycles. The fourth-order valence-electron chi connectivity index (χ4n) is 2.95. The van der Waals surface area contributed by atoms with Crippen LogP contribution in [0.5, 0.6) is 5.75 Å². The average Bonchev–Trinajstić information content (AvgIpc) is 3.05. The summed E-state index contributed by atoms with van der Waals surface area (Å²) in [5, 5.41) is 10.7. The van der Waals surface area contributed by atoms with E-state index in [2.05, 4.69) is 4.98 Å². The lowest BCUT2D eigenvalue weighted by molar-refractivity contribution is 0.0698. The fraction of sp³-hybridized carbons (Fsp3) is 0.105. The summed E-state index contributed by atoms with van der Waals surface area (Å²) in [5.41, 5.74) is 1.32. The molecule has 0 bridgehead atoms. The number of pyridine rings is 2. The van der Waals surface area contributed by atoms with E-state index in [0.29, 0.717) is 10.1 Å². The van der Waals surface area contributed by atoms with Crippen LogP contribution in [0.3, 0.4) is 0 Å². The third-order valence-corrected chi connectivity index (χ3v) is 5.41. The number of nitrogens with zero attached hydrogens (tertiary/aromatic N) is 2. The van der Waals surface area contributed by atoms with Gasteiger partial charge in [0.05, 0.1) is 10.2 Å². The normalized spacial score (nSPS) is 11.1. The van der Waals surface area contributed by atoms with E-state index < -0.39 is 5.97 Å². The molecule has 4 aromatic rings. The summed E-state index contributed by atoms with van der Waals surface area (Å²) >= 11 is 1.07. The van der Waals surface area contributed by atoms with Crippen molar-refractivity contribution in [3.63, 3.8) is 0 Å². The van der Waals surface area contributed by atoms with Crippen LogP contribution in [-0.4, -0.2) is 20.6 Å². The van der Waals surface area contributed by atoms with Crippen molar-refractivity contribution in [2.75, 3.05) is 0 Å². The average molecular weight is 366 g/mol. The van der Waals surface area contributed by atoms with Crippen molar-refractivity contribution in [2.24, 2.45) is 7.05 Å². The second kappa shape index (κ2) is 6.27. The van der Waals surface area contributed by atoms with Gasteiger partial charge in [-0.1, -0.05) is 18.2 Å². The summed E-state index contributed by atoms with van der Waals surface area (Å²) in [6.07, 6.45) is 3.27. The quantitative estimate of drug-likeness (QED) is 0.598. The Bertz CT molecular complexity index is 1200. The number of carboxylic acids is 1. The highest BCUT2D eigenvalue weighted by Gasteiger charge is 2.24. The number of ether oxygens (including phenoxy) is 1. The van der Waals surface area contributed by atoms with Crippen molar-refractivity contribution in [1.29, 1.82) is 0 Å². The predicted molar refractivity (Wildman–Crippen MR) is 100 cm³/mol. The molecule has 4 rings (SSSR count). The Morgan fingerprint density at radius 3 is 2.69 bits per heavy atom. The monoisotopic (exact) mass is 366 g/mol. The van der Waals surface area contributed by atoms with E-state index in [1.165, 1.54) is 4.57 Å². The van der Waals surface area contributed by atoms with Crippen molar-refractivity contribution < 1.29 is 14.6 Å². The number of hydrogen-bond donors (Lipinski definition) is 1. The topological polar surface area (TPSA) is 81.4 Å². The zero-order valence-corrected chi connectivity index (χ0v) is 14.6. The van der Waals surface area contributed by atoms with Crippen LogP contribution in [0.15, 0.2) is 53.6 Å². The summed E-state index contributed by atoms with van der Waals surface area (Å²) in [5.74, 6) is -0.984. The SMILES string of the molecule is Cn1c(=O)c2c(OCc3ccncc3)c(C(=O)O)sc2c2ccccc21. The van der Waals surface area contributed by atoms with Gasteiger partial charge in [-0.05, 0) is 23.8 Å². The molecular weight excluding hydrogens is 352 g/mol. The Kier molecular flexibility index (Phi) is 3.93. The minimum Gasteiger partial charge on any atom is -0.486 e. The number of aromatic carboxylic acids is 1. The maximum atomic E-state index is 12.9. The van der Waals surface area contributed by atoms with E-state index in [0.717, 1.165) is 27.8 Å². The Morgan fingerprint density at radius 1 is 1.23 bits per heavy atom. The minimum absolute atomic E-state index is 0.0301. The van der Waals surface area contributed by atoms with Crippen molar-refractivity contribution in [3.05, 3.63) is 69.6 Å². The van der Waals surface area contributed by atoms with Crippen LogP contribution in [0.2, 0.25) is 0 Å². The van der Waals surface area contributed by atoms with Crippen molar-refractivity contribution in [2.45, 2.75) is 6.61 Å². The van der Waals surface area contributed by atoms with Gasteiger partial charge < -0.3 is 14.4 Å². The highest BCUT2D eigenvalue weighted by Crippen LogP contribution is 2.39. The van der Waals surface area contributed by atoms with Crippen LogP contribution in [0.1, 0.15) is 15.2 Å². The number of benzene rings is 1. The molecule has 3 heterocycles. The van der Waals surface area contributed by atoms with Gasteiger partial charge in [-0.25, -0.2) is 4.79 Å². The van der Waals surface area contributed by atoms with Gasteiger partial charge in [-0.2, -0.15) is 0 Å². The molecule has 1 N–H and O–H groups in total. The molecule has 0 aliphatic carbocycles. The van der Waals surface area contributed by atoms with Crippen molar-refractivity contribution in [1.82, 2.24) is 9.55 Å². The largest absolute Gasteiger partial charge is 0.486 e. The summed E-state index contributed by atoms with van der Waals surface area (Å²) in [6.45, 7) is 0.157. The van der Waals surface area contributed by atoms with Gasteiger partial charge in [0.15, 0.2) is 10.6 Å². The molecule has 1 aromatic carbocycles. The second-order valence-electron chi connectivity index (χ2n) is 5.80. The first-order valence-electron chi connectivity index (χ1n) is 7.87. The van der Waals surface area contributed by atoms with Gasteiger partial charge >= 0.3 is 5.97 Å². The number of hydrogen-bond acceptors (Lipinski definition) is 5. The standard InChI is InChI=1S/C19H14N2O4S/c1-21-13-5-3-2-4-12(13)16-14(18(21)22)15(17(26-16)19(23)24)25-10-11-6-8-20-9-7-11/h2-9H,10H2,1H3,(H,23,24). The number of para-hydroxylation sites is 1. The molecular formula is C19H14N2O4S. The molecule has 6 nitrogen and oxygen atoms in total. The molecule has 0 fully saturated rings. The summed E-state index contributed by atoms with van der Waals surface area (Å²) < 4.78 is 7.96. The number of thiophene rings is 1. The third-order valence-electron chi connectivity index (χ3n) is 4.22. The Hall–Kier alpha value is -3.19. The maximum Gasteiger partial charge on any atom is 0.349 e. The van der Waals surface area contributed by atoms with Crippen LogP contribution >= 0.6 is 11.3 Å². The predicted octanol–water partition coefficient (Wildman–Crippen LogP) is 3.43. The van der Waals surface area contributed by atoms with Gasteiger partial charge in [0.1, 0.15) is 12.0 Å². The number of fused-ring (bicyclic) bond motifs is 3. The molecule has 0 amide bonds. The first kappa shape index (κ1) is 16.3. The molecule has 7 heteroatoms. The van der Waals surface area contributed by atoms with E-state index in [4.69, 9.17) is 4.74 Å². The first-order chi connectivity index (χ1) is 12.6. The van der Waals surface area contributed by atoms with E-state index in [1.807, 2.05) is 24.3 Å². The molecule has 0 atom stereocenters. The highest BCUT2D eigenvalue weighted by atomic mass is 32.1. The maximum absolute atomic E-state index is 12.9. The van der Waals surface area contributed by atoms with Crippen LogP contribution in [-0.2, 0) is 13.7 Å². The number of rotatable bonds is 4. The zero-order chi connectivity index (χ0) is 18.3. The lowest BCUT2D eigenvalue weighted by Crippen LogP contribution is -2.17. The second-order valence-corrected chi connectivity index (χ2v) is 6.82. The van der Waals surface area contributed by atoms with Crippen molar-refractivity contribution >= 4 is 38.3 Å². The van der Waals surface area contributed by atoms with Crippen LogP contribution < -0.4 is 10.3 Å². The van der Waals surface area contributed by atoms with E-state index in [1.54, 1.807) is 31.6 Å². The van der Waals surface area contributed by atoms with Crippen LogP contribution in [0, 0.1) is 0 Å². The minimum atomic E-state index is -1.11. The third kappa shape index (κ3) is 2.53. The smallest absolute Gasteiger partial charge is 0.349 e.